The zero-order chi connectivity index (χ0) is 32.4. The average Bonchev–Trinajstić information content (AvgIpc) is 3.63. The van der Waals surface area contributed by atoms with Crippen LogP contribution in [-0.2, 0) is 5.41 Å². The maximum Gasteiger partial charge on any atom is 0.135 e. The summed E-state index contributed by atoms with van der Waals surface area (Å²) in [5, 5.41) is 7.25. The summed E-state index contributed by atoms with van der Waals surface area (Å²) >= 11 is 0. The van der Waals surface area contributed by atoms with Crippen molar-refractivity contribution in [3.8, 4) is 56.0 Å². The van der Waals surface area contributed by atoms with Crippen LogP contribution in [0.5, 0.6) is 11.5 Å². The van der Waals surface area contributed by atoms with E-state index in [-0.39, 0.29) is 5.41 Å². The second kappa shape index (κ2) is 9.49. The van der Waals surface area contributed by atoms with Gasteiger partial charge in [-0.3, -0.25) is 0 Å². The molecule has 1 aromatic heterocycles. The van der Waals surface area contributed by atoms with E-state index in [4.69, 9.17) is 9.15 Å². The molecule has 8 aromatic carbocycles. The highest BCUT2D eigenvalue weighted by Crippen LogP contribution is 2.56. The van der Waals surface area contributed by atoms with Gasteiger partial charge in [0, 0.05) is 27.1 Å². The molecule has 0 N–H and O–H groups in total. The second-order valence-corrected chi connectivity index (χ2v) is 14.1. The lowest BCUT2D eigenvalue weighted by molar-refractivity contribution is 0.487. The summed E-state index contributed by atoms with van der Waals surface area (Å²) in [6, 6.07) is 52.8. The topological polar surface area (TPSA) is 22.4 Å². The molecule has 0 radical (unpaired) electrons. The van der Waals surface area contributed by atoms with Crippen molar-refractivity contribution < 1.29 is 9.15 Å². The molecular formula is C47H30O2. The Morgan fingerprint density at radius 3 is 2.12 bits per heavy atom. The molecule has 49 heavy (non-hydrogen) atoms. The highest BCUT2D eigenvalue weighted by atomic mass is 16.5. The van der Waals surface area contributed by atoms with E-state index in [1.807, 2.05) is 6.07 Å². The number of ether oxygens (including phenoxy) is 1. The van der Waals surface area contributed by atoms with Crippen LogP contribution in [0.1, 0.15) is 25.0 Å². The number of benzene rings is 8. The summed E-state index contributed by atoms with van der Waals surface area (Å²) in [4.78, 5) is 0. The molecule has 11 rings (SSSR count). The van der Waals surface area contributed by atoms with E-state index >= 15 is 0 Å². The molecule has 0 saturated carbocycles. The Balaban J connectivity index is 1.19. The van der Waals surface area contributed by atoms with Crippen LogP contribution in [0.15, 0.2) is 150 Å². The molecule has 1 aliphatic carbocycles. The Bertz CT molecular complexity index is 2880. The van der Waals surface area contributed by atoms with Gasteiger partial charge in [0.25, 0.3) is 0 Å². The first-order valence-corrected chi connectivity index (χ1v) is 17.0. The molecular weight excluding hydrogens is 597 g/mol. The molecule has 1 aliphatic heterocycles. The molecule has 2 heterocycles. The predicted molar refractivity (Wildman–Crippen MR) is 203 cm³/mol. The number of hydrogen-bond acceptors (Lipinski definition) is 2. The quantitative estimate of drug-likeness (QED) is 0.190. The zero-order valence-electron chi connectivity index (χ0n) is 27.2. The molecule has 0 unspecified atom stereocenters. The van der Waals surface area contributed by atoms with Gasteiger partial charge in [0.1, 0.15) is 22.7 Å². The van der Waals surface area contributed by atoms with Gasteiger partial charge >= 0.3 is 0 Å². The van der Waals surface area contributed by atoms with Gasteiger partial charge in [-0.15, -0.1) is 0 Å². The number of furan rings is 1. The lowest BCUT2D eigenvalue weighted by atomic mass is 9.79. The number of para-hydroxylation sites is 1. The molecule has 0 saturated heterocycles. The van der Waals surface area contributed by atoms with Crippen molar-refractivity contribution in [1.29, 1.82) is 0 Å². The van der Waals surface area contributed by atoms with E-state index in [0.717, 1.165) is 39.0 Å². The Morgan fingerprint density at radius 2 is 1.20 bits per heavy atom. The molecule has 2 aliphatic rings. The first-order valence-electron chi connectivity index (χ1n) is 17.0. The summed E-state index contributed by atoms with van der Waals surface area (Å²) in [6.45, 7) is 4.78. The summed E-state index contributed by atoms with van der Waals surface area (Å²) in [5.41, 5.74) is 14.2. The maximum absolute atomic E-state index is 6.48. The van der Waals surface area contributed by atoms with Crippen LogP contribution in [0.3, 0.4) is 0 Å². The van der Waals surface area contributed by atoms with Crippen LogP contribution in [-0.4, -0.2) is 0 Å². The van der Waals surface area contributed by atoms with Gasteiger partial charge in [-0.05, 0) is 115 Å². The van der Waals surface area contributed by atoms with Gasteiger partial charge in [-0.2, -0.15) is 0 Å². The Labute approximate surface area is 283 Å². The summed E-state index contributed by atoms with van der Waals surface area (Å²) < 4.78 is 12.7. The molecule has 2 heteroatoms. The summed E-state index contributed by atoms with van der Waals surface area (Å²) in [5.74, 6) is 1.81. The summed E-state index contributed by atoms with van der Waals surface area (Å²) in [7, 11) is 0. The van der Waals surface area contributed by atoms with Crippen LogP contribution in [0, 0.1) is 0 Å². The highest BCUT2D eigenvalue weighted by Gasteiger charge is 2.39. The number of rotatable bonds is 2. The molecule has 0 fully saturated rings. The van der Waals surface area contributed by atoms with Gasteiger partial charge in [0.2, 0.25) is 0 Å². The van der Waals surface area contributed by atoms with Crippen molar-refractivity contribution in [2.45, 2.75) is 19.3 Å². The van der Waals surface area contributed by atoms with Crippen LogP contribution < -0.4 is 4.74 Å². The van der Waals surface area contributed by atoms with Gasteiger partial charge in [0.05, 0.1) is 0 Å². The number of fused-ring (bicyclic) bond motifs is 10. The molecule has 0 bridgehead atoms. The zero-order valence-corrected chi connectivity index (χ0v) is 27.2. The average molecular weight is 627 g/mol. The first-order chi connectivity index (χ1) is 24.0. The van der Waals surface area contributed by atoms with Crippen molar-refractivity contribution in [2.24, 2.45) is 0 Å². The third-order valence-corrected chi connectivity index (χ3v) is 11.0. The van der Waals surface area contributed by atoms with E-state index in [1.165, 1.54) is 71.6 Å². The minimum atomic E-state index is -0.204. The van der Waals surface area contributed by atoms with Crippen LogP contribution in [0.2, 0.25) is 0 Å². The molecule has 0 amide bonds. The lowest BCUT2D eigenvalue weighted by Gasteiger charge is -2.25. The van der Waals surface area contributed by atoms with Gasteiger partial charge in [0.15, 0.2) is 0 Å². The summed E-state index contributed by atoms with van der Waals surface area (Å²) in [6.07, 6.45) is 0. The Morgan fingerprint density at radius 1 is 0.449 bits per heavy atom. The van der Waals surface area contributed by atoms with Crippen molar-refractivity contribution in [3.63, 3.8) is 0 Å². The molecule has 9 aromatic rings. The monoisotopic (exact) mass is 626 g/mol. The Kier molecular flexibility index (Phi) is 5.21. The van der Waals surface area contributed by atoms with Crippen LogP contribution >= 0.6 is 0 Å². The van der Waals surface area contributed by atoms with E-state index in [9.17, 15) is 0 Å². The molecule has 2 nitrogen and oxygen atoms in total. The standard InChI is InChI=1S/C47H30O2/c1-47(2)39-26-31(29-18-21-42-38(23-29)34-14-7-10-28-11-8-16-43(49-42)44(28)34)25-36(45(39)35-20-17-27-9-3-4-12-32(27)46(35)47)30-19-22-41-37(24-30)33-13-5-6-15-40(33)48-41/h3-26H,1-2H3. The van der Waals surface area contributed by atoms with Crippen molar-refractivity contribution in [1.82, 2.24) is 0 Å². The Hall–Kier alpha value is -6.12. The fraction of sp³-hybridized carbons (Fsp3) is 0.0638. The number of hydrogen-bond donors (Lipinski definition) is 0. The minimum Gasteiger partial charge on any atom is -0.456 e. The predicted octanol–water partition coefficient (Wildman–Crippen LogP) is 13.3. The van der Waals surface area contributed by atoms with E-state index in [1.54, 1.807) is 0 Å². The minimum absolute atomic E-state index is 0.204. The second-order valence-electron chi connectivity index (χ2n) is 14.1. The van der Waals surface area contributed by atoms with Crippen molar-refractivity contribution >= 4 is 43.5 Å². The first kappa shape index (κ1) is 26.9. The van der Waals surface area contributed by atoms with Gasteiger partial charge in [-0.25, -0.2) is 0 Å². The third kappa shape index (κ3) is 3.66. The fourth-order valence-corrected chi connectivity index (χ4v) is 8.74. The van der Waals surface area contributed by atoms with E-state index < -0.39 is 0 Å². The van der Waals surface area contributed by atoms with E-state index in [2.05, 4.69) is 153 Å². The molecule has 0 atom stereocenters. The van der Waals surface area contributed by atoms with Gasteiger partial charge < -0.3 is 9.15 Å². The van der Waals surface area contributed by atoms with Gasteiger partial charge in [-0.1, -0.05) is 111 Å². The SMILES string of the molecule is CC1(C)c2cc(-c3ccc4c(c3)-c3cccc5cccc(c35)O4)cc(-c3ccc4oc5ccccc5c4c3)c2-c2ccc3ccccc3c21. The van der Waals surface area contributed by atoms with Crippen molar-refractivity contribution in [2.75, 3.05) is 0 Å². The van der Waals surface area contributed by atoms with Crippen LogP contribution in [0.4, 0.5) is 0 Å². The smallest absolute Gasteiger partial charge is 0.135 e. The van der Waals surface area contributed by atoms with Crippen molar-refractivity contribution in [3.05, 3.63) is 157 Å². The highest BCUT2D eigenvalue weighted by molar-refractivity contribution is 6.09. The normalized spacial score (nSPS) is 13.8. The fourth-order valence-electron chi connectivity index (χ4n) is 8.74. The maximum atomic E-state index is 6.48. The molecule has 230 valence electrons. The third-order valence-electron chi connectivity index (χ3n) is 11.0. The van der Waals surface area contributed by atoms with E-state index in [0.29, 0.717) is 0 Å². The largest absolute Gasteiger partial charge is 0.456 e. The molecule has 0 spiro atoms. The lowest BCUT2D eigenvalue weighted by Crippen LogP contribution is -2.15. The van der Waals surface area contributed by atoms with Crippen LogP contribution in [0.25, 0.3) is 88.0 Å².